The summed E-state index contributed by atoms with van der Waals surface area (Å²) >= 11 is 0. The Labute approximate surface area is 104 Å². The zero-order valence-corrected chi connectivity index (χ0v) is 9.71. The molecule has 7 nitrogen and oxygen atoms in total. The van der Waals surface area contributed by atoms with Gasteiger partial charge >= 0.3 is 6.03 Å². The molecule has 0 radical (unpaired) electrons. The van der Waals surface area contributed by atoms with E-state index in [4.69, 9.17) is 20.5 Å². The number of ether oxygens (including phenoxy) is 2. The fourth-order valence-corrected chi connectivity index (χ4v) is 1.17. The molecule has 0 bridgehead atoms. The van der Waals surface area contributed by atoms with Crippen molar-refractivity contribution < 1.29 is 14.3 Å². The van der Waals surface area contributed by atoms with Gasteiger partial charge in [0, 0.05) is 0 Å². The van der Waals surface area contributed by atoms with Crippen LogP contribution in [0.1, 0.15) is 5.56 Å². The van der Waals surface area contributed by atoms with Gasteiger partial charge in [0.05, 0.1) is 13.3 Å². The standard InChI is InChI=1S/C11H12N4O3/c1-17-9-3-2-8(7-14-15-11(13)16)6-10(9)18-5-4-12/h2-3,6-7H,5H2,1H3,(H3,13,15,16). The van der Waals surface area contributed by atoms with E-state index in [-0.39, 0.29) is 6.61 Å². The van der Waals surface area contributed by atoms with Crippen molar-refractivity contribution in [3.8, 4) is 17.6 Å². The molecule has 0 fully saturated rings. The van der Waals surface area contributed by atoms with E-state index in [9.17, 15) is 4.79 Å². The van der Waals surface area contributed by atoms with E-state index in [0.717, 1.165) is 0 Å². The number of primary amides is 1. The van der Waals surface area contributed by atoms with Crippen LogP contribution in [0.2, 0.25) is 0 Å². The zero-order valence-electron chi connectivity index (χ0n) is 9.71. The molecule has 1 aromatic rings. The number of rotatable bonds is 5. The molecule has 0 aliphatic rings. The number of hydrogen-bond acceptors (Lipinski definition) is 5. The summed E-state index contributed by atoms with van der Waals surface area (Å²) < 4.78 is 10.3. The topological polar surface area (TPSA) is 110 Å². The summed E-state index contributed by atoms with van der Waals surface area (Å²) in [4.78, 5) is 10.4. The summed E-state index contributed by atoms with van der Waals surface area (Å²) in [6, 6.07) is 6.12. The lowest BCUT2D eigenvalue weighted by atomic mass is 10.2. The normalized spacial score (nSPS) is 9.78. The van der Waals surface area contributed by atoms with E-state index < -0.39 is 6.03 Å². The molecule has 1 rings (SSSR count). The molecule has 0 heterocycles. The third-order valence-electron chi connectivity index (χ3n) is 1.87. The Morgan fingerprint density at radius 1 is 1.61 bits per heavy atom. The third-order valence-corrected chi connectivity index (χ3v) is 1.87. The van der Waals surface area contributed by atoms with Gasteiger partial charge in [-0.3, -0.25) is 0 Å². The number of benzene rings is 1. The lowest BCUT2D eigenvalue weighted by Crippen LogP contribution is -2.24. The Hall–Kier alpha value is -2.75. The van der Waals surface area contributed by atoms with Crippen LogP contribution in [0, 0.1) is 11.3 Å². The number of nitrogens with zero attached hydrogens (tertiary/aromatic N) is 2. The molecule has 7 heteroatoms. The minimum absolute atomic E-state index is 0.0868. The van der Waals surface area contributed by atoms with Crippen LogP contribution in [-0.4, -0.2) is 26.0 Å². The van der Waals surface area contributed by atoms with Gasteiger partial charge < -0.3 is 15.2 Å². The van der Waals surface area contributed by atoms with Crippen molar-refractivity contribution in [3.63, 3.8) is 0 Å². The second-order valence-corrected chi connectivity index (χ2v) is 3.09. The van der Waals surface area contributed by atoms with Crippen molar-refractivity contribution in [1.82, 2.24) is 5.43 Å². The van der Waals surface area contributed by atoms with E-state index in [2.05, 4.69) is 10.5 Å². The van der Waals surface area contributed by atoms with Gasteiger partial charge in [0.1, 0.15) is 6.07 Å². The predicted octanol–water partition coefficient (Wildman–Crippen LogP) is 0.600. The Morgan fingerprint density at radius 3 is 3.00 bits per heavy atom. The molecule has 0 saturated carbocycles. The van der Waals surface area contributed by atoms with Crippen LogP contribution in [-0.2, 0) is 0 Å². The molecule has 0 spiro atoms. The largest absolute Gasteiger partial charge is 0.493 e. The highest BCUT2D eigenvalue weighted by Crippen LogP contribution is 2.27. The minimum atomic E-state index is -0.749. The molecule has 2 amide bonds. The van der Waals surface area contributed by atoms with Gasteiger partial charge in [-0.25, -0.2) is 10.2 Å². The van der Waals surface area contributed by atoms with Gasteiger partial charge in [0.2, 0.25) is 0 Å². The number of carbonyl (C=O) groups is 1. The molecule has 94 valence electrons. The van der Waals surface area contributed by atoms with Crippen molar-refractivity contribution in [2.75, 3.05) is 13.7 Å². The van der Waals surface area contributed by atoms with Crippen LogP contribution in [0.15, 0.2) is 23.3 Å². The monoisotopic (exact) mass is 248 g/mol. The highest BCUT2D eigenvalue weighted by atomic mass is 16.5. The van der Waals surface area contributed by atoms with E-state index in [1.165, 1.54) is 13.3 Å². The first-order chi connectivity index (χ1) is 8.67. The summed E-state index contributed by atoms with van der Waals surface area (Å²) in [5.74, 6) is 0.923. The molecule has 18 heavy (non-hydrogen) atoms. The second kappa shape index (κ2) is 6.75. The summed E-state index contributed by atoms with van der Waals surface area (Å²) in [5, 5.41) is 12.1. The maximum Gasteiger partial charge on any atom is 0.332 e. The molecule has 0 atom stereocenters. The minimum Gasteiger partial charge on any atom is -0.493 e. The predicted molar refractivity (Wildman–Crippen MR) is 64.4 cm³/mol. The van der Waals surface area contributed by atoms with Crippen molar-refractivity contribution in [1.29, 1.82) is 5.26 Å². The maximum absolute atomic E-state index is 10.4. The summed E-state index contributed by atoms with van der Waals surface area (Å²) in [6.45, 7) is -0.0868. The van der Waals surface area contributed by atoms with Gasteiger partial charge in [-0.2, -0.15) is 10.4 Å². The Balaban J connectivity index is 2.85. The van der Waals surface area contributed by atoms with Gasteiger partial charge in [-0.1, -0.05) is 0 Å². The number of nitrogens with one attached hydrogen (secondary N) is 1. The summed E-state index contributed by atoms with van der Waals surface area (Å²) in [7, 11) is 1.50. The van der Waals surface area contributed by atoms with E-state index in [1.54, 1.807) is 18.2 Å². The SMILES string of the molecule is COc1ccc(C=NNC(N)=O)cc1OCC#N. The molecular formula is C11H12N4O3. The molecule has 0 unspecified atom stereocenters. The first-order valence-electron chi connectivity index (χ1n) is 4.93. The average Bonchev–Trinajstić information content (AvgIpc) is 2.36. The summed E-state index contributed by atoms with van der Waals surface area (Å²) in [5.41, 5.74) is 7.59. The van der Waals surface area contributed by atoms with Gasteiger partial charge in [-0.15, -0.1) is 0 Å². The molecule has 0 aliphatic heterocycles. The highest BCUT2D eigenvalue weighted by molar-refractivity contribution is 5.82. The fourth-order valence-electron chi connectivity index (χ4n) is 1.17. The average molecular weight is 248 g/mol. The smallest absolute Gasteiger partial charge is 0.332 e. The Bertz CT molecular complexity index is 494. The van der Waals surface area contributed by atoms with Crippen molar-refractivity contribution in [2.45, 2.75) is 0 Å². The number of urea groups is 1. The number of nitriles is 1. The van der Waals surface area contributed by atoms with Crippen LogP contribution >= 0.6 is 0 Å². The second-order valence-electron chi connectivity index (χ2n) is 3.09. The highest BCUT2D eigenvalue weighted by Gasteiger charge is 2.04. The van der Waals surface area contributed by atoms with E-state index in [0.29, 0.717) is 17.1 Å². The molecular weight excluding hydrogens is 236 g/mol. The first kappa shape index (κ1) is 13.3. The van der Waals surface area contributed by atoms with Crippen molar-refractivity contribution in [2.24, 2.45) is 10.8 Å². The lowest BCUT2D eigenvalue weighted by molar-refractivity contribution is 0.249. The van der Waals surface area contributed by atoms with Crippen LogP contribution in [0.25, 0.3) is 0 Å². The Morgan fingerprint density at radius 2 is 2.39 bits per heavy atom. The Kier molecular flexibility index (Phi) is 4.99. The quantitative estimate of drug-likeness (QED) is 0.587. The van der Waals surface area contributed by atoms with Gasteiger partial charge in [0.25, 0.3) is 0 Å². The fraction of sp³-hybridized carbons (Fsp3) is 0.182. The van der Waals surface area contributed by atoms with E-state index in [1.807, 2.05) is 6.07 Å². The maximum atomic E-state index is 10.4. The van der Waals surface area contributed by atoms with Gasteiger partial charge in [0.15, 0.2) is 18.1 Å². The number of carbonyl (C=O) groups excluding carboxylic acids is 1. The van der Waals surface area contributed by atoms with Crippen LogP contribution in [0.4, 0.5) is 4.79 Å². The zero-order chi connectivity index (χ0) is 13.4. The first-order valence-corrected chi connectivity index (χ1v) is 4.93. The molecule has 0 aliphatic carbocycles. The van der Waals surface area contributed by atoms with Crippen molar-refractivity contribution in [3.05, 3.63) is 23.8 Å². The van der Waals surface area contributed by atoms with Crippen LogP contribution in [0.5, 0.6) is 11.5 Å². The lowest BCUT2D eigenvalue weighted by Gasteiger charge is -2.08. The molecule has 0 saturated heterocycles. The van der Waals surface area contributed by atoms with Gasteiger partial charge in [-0.05, 0) is 23.8 Å². The summed E-state index contributed by atoms with van der Waals surface area (Å²) in [6.07, 6.45) is 1.39. The van der Waals surface area contributed by atoms with E-state index >= 15 is 0 Å². The van der Waals surface area contributed by atoms with Crippen LogP contribution < -0.4 is 20.6 Å². The third kappa shape index (κ3) is 4.02. The number of nitrogens with two attached hydrogens (primary N) is 1. The number of hydrogen-bond donors (Lipinski definition) is 2. The molecule has 3 N–H and O–H groups in total. The van der Waals surface area contributed by atoms with Crippen molar-refractivity contribution >= 4 is 12.2 Å². The number of methoxy groups -OCH3 is 1. The number of hydrazone groups is 1. The molecule has 1 aromatic carbocycles. The van der Waals surface area contributed by atoms with Crippen LogP contribution in [0.3, 0.4) is 0 Å². The number of amides is 2. The molecule has 0 aromatic heterocycles.